The van der Waals surface area contributed by atoms with Crippen LogP contribution in [0.1, 0.15) is 45.4 Å². The van der Waals surface area contributed by atoms with E-state index in [1.54, 1.807) is 4.90 Å². The molecule has 2 aliphatic heterocycles. The van der Waals surface area contributed by atoms with Crippen molar-refractivity contribution in [3.63, 3.8) is 0 Å². The Kier molecular flexibility index (Phi) is 6.95. The first kappa shape index (κ1) is 19.8. The van der Waals surface area contributed by atoms with Crippen molar-refractivity contribution in [3.8, 4) is 0 Å². The lowest BCUT2D eigenvalue weighted by Crippen LogP contribution is -2.47. The fourth-order valence-corrected chi connectivity index (χ4v) is 3.70. The zero-order chi connectivity index (χ0) is 18.4. The predicted octanol–water partition coefficient (Wildman–Crippen LogP) is 3.44. The lowest BCUT2D eigenvalue weighted by Gasteiger charge is -2.40. The molecule has 2 aliphatic rings. The van der Waals surface area contributed by atoms with Crippen LogP contribution in [0.25, 0.3) is 0 Å². The number of halogens is 3. The Morgan fingerprint density at radius 1 is 0.960 bits per heavy atom. The molecule has 0 aliphatic carbocycles. The van der Waals surface area contributed by atoms with Crippen molar-refractivity contribution in [3.05, 3.63) is 0 Å². The third-order valence-corrected chi connectivity index (χ3v) is 5.26. The van der Waals surface area contributed by atoms with Crippen molar-refractivity contribution in [2.45, 2.75) is 51.6 Å². The number of hydrogen-bond acceptors (Lipinski definition) is 3. The molecule has 0 aromatic rings. The van der Waals surface area contributed by atoms with Crippen LogP contribution in [0.5, 0.6) is 0 Å². The maximum atomic E-state index is 12.5. The Balaban J connectivity index is 1.72. The first-order chi connectivity index (χ1) is 11.8. The van der Waals surface area contributed by atoms with Crippen molar-refractivity contribution >= 4 is 12.0 Å². The van der Waals surface area contributed by atoms with Gasteiger partial charge in [0.25, 0.3) is 0 Å². The van der Waals surface area contributed by atoms with Crippen LogP contribution in [-0.2, 0) is 9.53 Å². The molecule has 25 heavy (non-hydrogen) atoms. The quantitative estimate of drug-likeness (QED) is 0.718. The molecule has 144 valence electrons. The van der Waals surface area contributed by atoms with Gasteiger partial charge in [-0.1, -0.05) is 13.3 Å². The maximum absolute atomic E-state index is 12.5. The van der Waals surface area contributed by atoms with Crippen molar-refractivity contribution in [1.29, 1.82) is 0 Å². The first-order valence-electron chi connectivity index (χ1n) is 9.10. The molecule has 8 heteroatoms. The SMILES string of the molecule is CCCCOC(=O)N1CCC(C2CCN(C(=O)C(F)(F)F)CC2)CC1. The number of hydrogen-bond donors (Lipinski definition) is 0. The number of carbonyl (C=O) groups is 2. The molecule has 2 amide bonds. The van der Waals surface area contributed by atoms with E-state index in [4.69, 9.17) is 4.74 Å². The molecular weight excluding hydrogens is 337 g/mol. The van der Waals surface area contributed by atoms with Gasteiger partial charge < -0.3 is 14.5 Å². The topological polar surface area (TPSA) is 49.9 Å². The molecule has 2 saturated heterocycles. The van der Waals surface area contributed by atoms with Gasteiger partial charge >= 0.3 is 18.2 Å². The molecule has 0 saturated carbocycles. The molecule has 2 heterocycles. The summed E-state index contributed by atoms with van der Waals surface area (Å²) in [6.07, 6.45) is -0.307. The van der Waals surface area contributed by atoms with Crippen molar-refractivity contribution in [2.75, 3.05) is 32.8 Å². The predicted molar refractivity (Wildman–Crippen MR) is 85.9 cm³/mol. The van der Waals surface area contributed by atoms with Gasteiger partial charge in [-0.05, 0) is 43.9 Å². The Hall–Kier alpha value is -1.47. The minimum absolute atomic E-state index is 0.169. The van der Waals surface area contributed by atoms with E-state index >= 15 is 0 Å². The summed E-state index contributed by atoms with van der Waals surface area (Å²) in [5.41, 5.74) is 0. The zero-order valence-corrected chi connectivity index (χ0v) is 14.7. The summed E-state index contributed by atoms with van der Waals surface area (Å²) in [6.45, 7) is 4.09. The Morgan fingerprint density at radius 2 is 1.44 bits per heavy atom. The summed E-state index contributed by atoms with van der Waals surface area (Å²) in [6, 6.07) is 0. The number of unbranched alkanes of at least 4 members (excludes halogenated alkanes) is 1. The first-order valence-corrected chi connectivity index (χ1v) is 9.10. The number of ether oxygens (including phenoxy) is 1. The largest absolute Gasteiger partial charge is 0.471 e. The molecule has 0 unspecified atom stereocenters. The average molecular weight is 364 g/mol. The maximum Gasteiger partial charge on any atom is 0.471 e. The van der Waals surface area contributed by atoms with Crippen LogP contribution in [0.4, 0.5) is 18.0 Å². The molecule has 0 atom stereocenters. The van der Waals surface area contributed by atoms with E-state index in [1.807, 2.05) is 6.92 Å². The Bertz CT molecular complexity index is 455. The molecule has 0 aromatic carbocycles. The Labute approximate surface area is 146 Å². The van der Waals surface area contributed by atoms with Crippen molar-refractivity contribution in [1.82, 2.24) is 9.80 Å². The molecule has 0 N–H and O–H groups in total. The van der Waals surface area contributed by atoms with Gasteiger partial charge in [-0.25, -0.2) is 4.79 Å². The van der Waals surface area contributed by atoms with Gasteiger partial charge in [-0.2, -0.15) is 13.2 Å². The van der Waals surface area contributed by atoms with Crippen molar-refractivity contribution in [2.24, 2.45) is 11.8 Å². The summed E-state index contributed by atoms with van der Waals surface area (Å²) < 4.78 is 42.6. The van der Waals surface area contributed by atoms with Gasteiger partial charge in [0.15, 0.2) is 0 Å². The van der Waals surface area contributed by atoms with E-state index in [2.05, 4.69) is 0 Å². The highest BCUT2D eigenvalue weighted by atomic mass is 19.4. The summed E-state index contributed by atoms with van der Waals surface area (Å²) in [7, 11) is 0. The number of nitrogens with zero attached hydrogens (tertiary/aromatic N) is 2. The normalized spacial score (nSPS) is 20.6. The highest BCUT2D eigenvalue weighted by Gasteiger charge is 2.44. The molecule has 0 aromatic heterocycles. The second-order valence-electron chi connectivity index (χ2n) is 6.92. The molecule has 2 fully saturated rings. The Morgan fingerprint density at radius 3 is 1.88 bits per heavy atom. The van der Waals surface area contributed by atoms with E-state index in [-0.39, 0.29) is 19.2 Å². The minimum atomic E-state index is -4.78. The fourth-order valence-electron chi connectivity index (χ4n) is 3.70. The molecular formula is C17H27F3N2O3. The molecule has 0 spiro atoms. The average Bonchev–Trinajstić information content (AvgIpc) is 2.61. The van der Waals surface area contributed by atoms with E-state index in [0.717, 1.165) is 30.6 Å². The molecule has 5 nitrogen and oxygen atoms in total. The summed E-state index contributed by atoms with van der Waals surface area (Å²) in [5.74, 6) is -0.992. The summed E-state index contributed by atoms with van der Waals surface area (Å²) >= 11 is 0. The molecule has 0 radical (unpaired) electrons. The number of amides is 2. The zero-order valence-electron chi connectivity index (χ0n) is 14.7. The monoisotopic (exact) mass is 364 g/mol. The number of carbonyl (C=O) groups excluding carboxylic acids is 2. The van der Waals surface area contributed by atoms with Crippen LogP contribution >= 0.6 is 0 Å². The minimum Gasteiger partial charge on any atom is -0.449 e. The van der Waals surface area contributed by atoms with Gasteiger partial charge in [0.1, 0.15) is 0 Å². The van der Waals surface area contributed by atoms with Crippen LogP contribution in [0.3, 0.4) is 0 Å². The summed E-state index contributed by atoms with van der Waals surface area (Å²) in [5, 5.41) is 0. The lowest BCUT2D eigenvalue weighted by molar-refractivity contribution is -0.187. The number of alkyl halides is 3. The second kappa shape index (κ2) is 8.76. The molecule has 0 bridgehead atoms. The van der Waals surface area contributed by atoms with Gasteiger partial charge in [-0.3, -0.25) is 4.79 Å². The van der Waals surface area contributed by atoms with Crippen LogP contribution in [0.2, 0.25) is 0 Å². The van der Waals surface area contributed by atoms with Gasteiger partial charge in [0.2, 0.25) is 0 Å². The van der Waals surface area contributed by atoms with Gasteiger partial charge in [0, 0.05) is 26.2 Å². The highest BCUT2D eigenvalue weighted by molar-refractivity contribution is 5.81. The van der Waals surface area contributed by atoms with Crippen molar-refractivity contribution < 1.29 is 27.5 Å². The van der Waals surface area contributed by atoms with Gasteiger partial charge in [-0.15, -0.1) is 0 Å². The van der Waals surface area contributed by atoms with Crippen LogP contribution in [0.15, 0.2) is 0 Å². The van der Waals surface area contributed by atoms with Crippen LogP contribution in [-0.4, -0.2) is 60.8 Å². The number of rotatable bonds is 4. The third-order valence-electron chi connectivity index (χ3n) is 5.26. The lowest BCUT2D eigenvalue weighted by atomic mass is 9.79. The van der Waals surface area contributed by atoms with E-state index in [9.17, 15) is 22.8 Å². The second-order valence-corrected chi connectivity index (χ2v) is 6.92. The number of piperidine rings is 2. The smallest absolute Gasteiger partial charge is 0.449 e. The van der Waals surface area contributed by atoms with E-state index < -0.39 is 12.1 Å². The van der Waals surface area contributed by atoms with E-state index in [1.165, 1.54) is 0 Å². The summed E-state index contributed by atoms with van der Waals surface area (Å²) in [4.78, 5) is 25.8. The number of likely N-dealkylation sites (tertiary alicyclic amines) is 2. The van der Waals surface area contributed by atoms with Crippen LogP contribution < -0.4 is 0 Å². The highest BCUT2D eigenvalue weighted by Crippen LogP contribution is 2.33. The van der Waals surface area contributed by atoms with E-state index in [0.29, 0.717) is 44.4 Å². The fraction of sp³-hybridized carbons (Fsp3) is 0.882. The standard InChI is InChI=1S/C17H27F3N2O3/c1-2-3-12-25-16(24)22-10-6-14(7-11-22)13-4-8-21(9-5-13)15(23)17(18,19)20/h13-14H,2-12H2,1H3. The van der Waals surface area contributed by atoms with Crippen LogP contribution in [0, 0.1) is 11.8 Å². The van der Waals surface area contributed by atoms with Gasteiger partial charge in [0.05, 0.1) is 6.61 Å². The third kappa shape index (κ3) is 5.51. The molecule has 2 rings (SSSR count).